The summed E-state index contributed by atoms with van der Waals surface area (Å²) in [5.41, 5.74) is 1.46. The van der Waals surface area contributed by atoms with Gasteiger partial charge in [0, 0.05) is 5.57 Å². The molecular formula is C25H34BrFNO3+. The Morgan fingerprint density at radius 1 is 1.16 bits per heavy atom. The molecule has 31 heavy (non-hydrogen) atoms. The van der Waals surface area contributed by atoms with Crippen LogP contribution in [-0.4, -0.2) is 53.4 Å². The van der Waals surface area contributed by atoms with E-state index in [1.807, 2.05) is 11.9 Å². The van der Waals surface area contributed by atoms with Gasteiger partial charge in [-0.3, -0.25) is 9.59 Å². The van der Waals surface area contributed by atoms with Crippen LogP contribution in [0.1, 0.15) is 50.5 Å². The third-order valence-corrected chi connectivity index (χ3v) is 6.55. The Kier molecular flexibility index (Phi) is 10.1. The number of ketones is 1. The van der Waals surface area contributed by atoms with Gasteiger partial charge < -0.3 is 9.59 Å². The van der Waals surface area contributed by atoms with Crippen LogP contribution >= 0.6 is 15.9 Å². The van der Waals surface area contributed by atoms with Crippen molar-refractivity contribution < 1.29 is 23.6 Å². The van der Waals surface area contributed by atoms with Crippen LogP contribution in [0.4, 0.5) is 4.39 Å². The SMILES string of the molecule is CBr.CC(C(=O)O)c1cccc(F)c1.O=C(C[N+]12CCC(CC1)CC2)C1=CCCC=C1. The number of benzene rings is 1. The first-order valence-corrected chi connectivity index (χ1v) is 12.6. The largest absolute Gasteiger partial charge is 0.481 e. The van der Waals surface area contributed by atoms with E-state index in [4.69, 9.17) is 5.11 Å². The molecule has 170 valence electrons. The molecule has 0 spiro atoms. The van der Waals surface area contributed by atoms with Crippen molar-refractivity contribution in [1.82, 2.24) is 0 Å². The molecule has 5 rings (SSSR count). The Hall–Kier alpha value is -1.79. The van der Waals surface area contributed by atoms with E-state index in [1.165, 1.54) is 64.0 Å². The molecule has 1 unspecified atom stereocenters. The summed E-state index contributed by atoms with van der Waals surface area (Å²) in [5.74, 6) is 1.16. The molecule has 2 bridgehead atoms. The molecule has 1 aromatic rings. The van der Waals surface area contributed by atoms with Crippen molar-refractivity contribution in [2.45, 2.75) is 44.9 Å². The fourth-order valence-corrected chi connectivity index (χ4v) is 4.51. The van der Waals surface area contributed by atoms with Crippen molar-refractivity contribution in [3.63, 3.8) is 0 Å². The van der Waals surface area contributed by atoms with Gasteiger partial charge in [-0.1, -0.05) is 46.3 Å². The van der Waals surface area contributed by atoms with Gasteiger partial charge in [-0.25, -0.2) is 4.39 Å². The first-order valence-electron chi connectivity index (χ1n) is 11.0. The van der Waals surface area contributed by atoms with E-state index in [-0.39, 0.29) is 0 Å². The van der Waals surface area contributed by atoms with Gasteiger partial charge in [0.1, 0.15) is 12.4 Å². The Morgan fingerprint density at radius 2 is 1.81 bits per heavy atom. The molecule has 0 amide bonds. The second-order valence-electron chi connectivity index (χ2n) is 8.58. The van der Waals surface area contributed by atoms with Gasteiger partial charge in [-0.2, -0.15) is 0 Å². The molecule has 1 aliphatic carbocycles. The Morgan fingerprint density at radius 3 is 2.32 bits per heavy atom. The van der Waals surface area contributed by atoms with Crippen LogP contribution in [0.5, 0.6) is 0 Å². The summed E-state index contributed by atoms with van der Waals surface area (Å²) in [4.78, 5) is 22.8. The molecule has 3 fully saturated rings. The molecule has 0 radical (unpaired) electrons. The van der Waals surface area contributed by atoms with Gasteiger partial charge >= 0.3 is 5.97 Å². The number of carbonyl (C=O) groups is 2. The number of aliphatic carboxylic acids is 1. The maximum Gasteiger partial charge on any atom is 0.310 e. The van der Waals surface area contributed by atoms with E-state index in [0.29, 0.717) is 11.3 Å². The standard InChI is InChI=1S/C15H22NO.C9H9FO2.CH3Br/c17-15(14-4-2-1-3-5-14)12-16-9-6-13(7-10-16)8-11-16;1-6(9(11)12)7-3-2-4-8(10)5-7;1-2/h2,4-5,13H,1,3,6-12H2;2-6H,1H3,(H,11,12);1H3/q+1;;. The van der Waals surface area contributed by atoms with Crippen molar-refractivity contribution in [1.29, 1.82) is 0 Å². The zero-order valence-electron chi connectivity index (χ0n) is 18.5. The number of quaternary nitrogens is 1. The lowest BCUT2D eigenvalue weighted by molar-refractivity contribution is -0.935. The minimum Gasteiger partial charge on any atom is -0.481 e. The van der Waals surface area contributed by atoms with Crippen LogP contribution in [0.25, 0.3) is 0 Å². The second-order valence-corrected chi connectivity index (χ2v) is 8.58. The summed E-state index contributed by atoms with van der Waals surface area (Å²) in [6.07, 6.45) is 12.5. The van der Waals surface area contributed by atoms with E-state index in [1.54, 1.807) is 6.07 Å². The van der Waals surface area contributed by atoms with E-state index in [2.05, 4.69) is 28.1 Å². The molecule has 3 heterocycles. The number of alkyl halides is 1. The normalized spacial score (nSPS) is 24.6. The van der Waals surface area contributed by atoms with Crippen LogP contribution in [0.3, 0.4) is 0 Å². The first-order chi connectivity index (χ1) is 14.9. The highest BCUT2D eigenvalue weighted by Gasteiger charge is 2.41. The number of Topliss-reactive ketones (excluding diaryl/α,β-unsaturated/α-hetero) is 1. The topological polar surface area (TPSA) is 54.4 Å². The van der Waals surface area contributed by atoms with Gasteiger partial charge in [-0.15, -0.1) is 0 Å². The minimum absolute atomic E-state index is 0.376. The van der Waals surface area contributed by atoms with Gasteiger partial charge in [0.25, 0.3) is 0 Å². The highest BCUT2D eigenvalue weighted by Crippen LogP contribution is 2.33. The molecule has 0 saturated carbocycles. The van der Waals surface area contributed by atoms with Crippen LogP contribution in [-0.2, 0) is 9.59 Å². The zero-order chi connectivity index (χ0) is 22.9. The zero-order valence-corrected chi connectivity index (χ0v) is 20.1. The van der Waals surface area contributed by atoms with E-state index in [0.717, 1.165) is 35.4 Å². The molecule has 1 atom stereocenters. The monoisotopic (exact) mass is 494 g/mol. The Bertz CT molecular complexity index is 799. The van der Waals surface area contributed by atoms with Crippen molar-refractivity contribution in [3.8, 4) is 0 Å². The lowest BCUT2D eigenvalue weighted by atomic mass is 9.85. The number of rotatable bonds is 5. The number of halogens is 2. The van der Waals surface area contributed by atoms with Crippen LogP contribution < -0.4 is 0 Å². The second kappa shape index (κ2) is 12.3. The number of fused-ring (bicyclic) bond motifs is 3. The highest BCUT2D eigenvalue weighted by atomic mass is 79.9. The van der Waals surface area contributed by atoms with Crippen LogP contribution in [0.2, 0.25) is 0 Å². The predicted molar refractivity (Wildman–Crippen MR) is 126 cm³/mol. The highest BCUT2D eigenvalue weighted by molar-refractivity contribution is 9.08. The summed E-state index contributed by atoms with van der Waals surface area (Å²) in [6, 6.07) is 5.63. The predicted octanol–water partition coefficient (Wildman–Crippen LogP) is 5.49. The number of piperidine rings is 3. The lowest BCUT2D eigenvalue weighted by Crippen LogP contribution is -2.60. The molecule has 4 nitrogen and oxygen atoms in total. The molecular weight excluding hydrogens is 461 g/mol. The van der Waals surface area contributed by atoms with Crippen molar-refractivity contribution in [3.05, 3.63) is 59.4 Å². The quantitative estimate of drug-likeness (QED) is 0.435. The number of carbonyl (C=O) groups excluding carboxylic acids is 1. The van der Waals surface area contributed by atoms with E-state index < -0.39 is 17.7 Å². The molecule has 4 aliphatic rings. The number of hydrogen-bond donors (Lipinski definition) is 1. The first kappa shape index (κ1) is 25.5. The van der Waals surface area contributed by atoms with Crippen LogP contribution in [0, 0.1) is 11.7 Å². The number of hydrogen-bond acceptors (Lipinski definition) is 2. The van der Waals surface area contributed by atoms with Gasteiger partial charge in [0.2, 0.25) is 5.78 Å². The summed E-state index contributed by atoms with van der Waals surface area (Å²) in [5, 5.41) is 8.60. The lowest BCUT2D eigenvalue weighted by Gasteiger charge is -2.48. The third kappa shape index (κ3) is 7.39. The Balaban J connectivity index is 0.000000216. The fraction of sp³-hybridized carbons (Fsp3) is 0.520. The number of nitrogens with zero attached hydrogens (tertiary/aromatic N) is 1. The van der Waals surface area contributed by atoms with Gasteiger partial charge in [0.05, 0.1) is 25.6 Å². The van der Waals surface area contributed by atoms with E-state index in [9.17, 15) is 14.0 Å². The minimum atomic E-state index is -0.944. The van der Waals surface area contributed by atoms with Crippen LogP contribution in [0.15, 0.2) is 48.1 Å². The average molecular weight is 495 g/mol. The summed E-state index contributed by atoms with van der Waals surface area (Å²) < 4.78 is 13.7. The van der Waals surface area contributed by atoms with Gasteiger partial charge in [0.15, 0.2) is 0 Å². The fourth-order valence-electron chi connectivity index (χ4n) is 4.51. The molecule has 1 aromatic carbocycles. The van der Waals surface area contributed by atoms with Crippen molar-refractivity contribution in [2.75, 3.05) is 32.0 Å². The summed E-state index contributed by atoms with van der Waals surface area (Å²) >= 11 is 2.94. The molecule has 0 aromatic heterocycles. The number of carboxylic acid groups (broad SMARTS) is 1. The third-order valence-electron chi connectivity index (χ3n) is 6.55. The summed E-state index contributed by atoms with van der Waals surface area (Å²) in [7, 11) is 0. The maximum atomic E-state index is 12.6. The summed E-state index contributed by atoms with van der Waals surface area (Å²) in [6.45, 7) is 6.01. The molecule has 3 saturated heterocycles. The number of allylic oxidation sites excluding steroid dienone is 3. The van der Waals surface area contributed by atoms with E-state index >= 15 is 0 Å². The molecule has 3 aliphatic heterocycles. The molecule has 6 heteroatoms. The number of carboxylic acids is 1. The van der Waals surface area contributed by atoms with Crippen molar-refractivity contribution in [2.24, 2.45) is 5.92 Å². The maximum absolute atomic E-state index is 12.6. The Labute approximate surface area is 193 Å². The molecule has 1 N–H and O–H groups in total. The smallest absolute Gasteiger partial charge is 0.310 e. The van der Waals surface area contributed by atoms with Gasteiger partial charge in [-0.05, 0) is 68.5 Å². The van der Waals surface area contributed by atoms with Crippen molar-refractivity contribution >= 4 is 27.7 Å². The average Bonchev–Trinajstić information content (AvgIpc) is 2.82.